The van der Waals surface area contributed by atoms with Gasteiger partial charge in [-0.2, -0.15) is 0 Å². The fourth-order valence-electron chi connectivity index (χ4n) is 3.37. The Hall–Kier alpha value is -2.20. The van der Waals surface area contributed by atoms with Crippen molar-refractivity contribution >= 4 is 11.4 Å². The maximum absolute atomic E-state index is 6.19. The highest BCUT2D eigenvalue weighted by atomic mass is 15.1. The Morgan fingerprint density at radius 3 is 2.44 bits per heavy atom. The molecule has 1 aliphatic rings. The van der Waals surface area contributed by atoms with Crippen molar-refractivity contribution in [1.29, 1.82) is 0 Å². The summed E-state index contributed by atoms with van der Waals surface area (Å²) in [5, 5.41) is 0. The van der Waals surface area contributed by atoms with Crippen molar-refractivity contribution in [1.82, 2.24) is 9.88 Å². The lowest BCUT2D eigenvalue weighted by Gasteiger charge is -2.29. The van der Waals surface area contributed by atoms with E-state index in [-0.39, 0.29) is 6.04 Å². The van der Waals surface area contributed by atoms with Crippen molar-refractivity contribution in [3.63, 3.8) is 0 Å². The lowest BCUT2D eigenvalue weighted by Crippen LogP contribution is -2.34. The minimum atomic E-state index is 0.151. The average molecular weight is 336 g/mol. The molecule has 4 heteroatoms. The largest absolute Gasteiger partial charge is 0.398 e. The lowest BCUT2D eigenvalue weighted by molar-refractivity contribution is 0.262. The minimum absolute atomic E-state index is 0.151. The highest BCUT2D eigenvalue weighted by Crippen LogP contribution is 2.31. The minimum Gasteiger partial charge on any atom is -0.398 e. The number of anilines is 1. The topological polar surface area (TPSA) is 54.5 Å². The van der Waals surface area contributed by atoms with Gasteiger partial charge < -0.3 is 5.73 Å². The first-order chi connectivity index (χ1) is 12.1. The summed E-state index contributed by atoms with van der Waals surface area (Å²) in [6.07, 6.45) is 3.93. The number of para-hydroxylation sites is 1. The number of nitrogens with two attached hydrogens (primary N) is 1. The number of rotatable bonds is 5. The molecule has 2 aromatic rings. The van der Waals surface area contributed by atoms with Crippen LogP contribution in [0, 0.1) is 5.92 Å². The monoisotopic (exact) mass is 336 g/mol. The standard InChI is InChI=1S/C21H28N4/c1-16(2)21(19-8-3-4-9-20(19)22)24-17-10-13-25(14-11-17)15-18-7-5-6-12-23-18/h3-9,12,16,21H,10-11,13-15,22H2,1-2H3. The predicted octanol–water partition coefficient (Wildman–Crippen LogP) is 4.10. The van der Waals surface area contributed by atoms with Gasteiger partial charge in [0.05, 0.1) is 11.7 Å². The van der Waals surface area contributed by atoms with Crippen LogP contribution in [0.1, 0.15) is 44.0 Å². The Morgan fingerprint density at radius 1 is 1.08 bits per heavy atom. The summed E-state index contributed by atoms with van der Waals surface area (Å²) in [7, 11) is 0. The molecule has 1 unspecified atom stereocenters. The first kappa shape index (κ1) is 17.6. The number of nitrogen functional groups attached to an aromatic ring is 1. The molecule has 3 rings (SSSR count). The highest BCUT2D eigenvalue weighted by molar-refractivity contribution is 5.85. The second-order valence-electron chi connectivity index (χ2n) is 7.11. The van der Waals surface area contributed by atoms with Crippen LogP contribution in [0.15, 0.2) is 53.7 Å². The number of piperidine rings is 1. The van der Waals surface area contributed by atoms with Crippen LogP contribution < -0.4 is 5.73 Å². The molecule has 132 valence electrons. The van der Waals surface area contributed by atoms with Gasteiger partial charge in [-0.15, -0.1) is 0 Å². The Balaban J connectivity index is 1.65. The van der Waals surface area contributed by atoms with Gasteiger partial charge in [0.15, 0.2) is 0 Å². The Kier molecular flexibility index (Phi) is 5.82. The van der Waals surface area contributed by atoms with Crippen LogP contribution in [0.25, 0.3) is 0 Å². The first-order valence-corrected chi connectivity index (χ1v) is 9.15. The van der Waals surface area contributed by atoms with E-state index < -0.39 is 0 Å². The van der Waals surface area contributed by atoms with E-state index in [1.54, 1.807) is 0 Å². The van der Waals surface area contributed by atoms with Crippen LogP contribution >= 0.6 is 0 Å². The van der Waals surface area contributed by atoms with Crippen LogP contribution in [0.2, 0.25) is 0 Å². The number of hydrogen-bond acceptors (Lipinski definition) is 4. The molecule has 0 saturated carbocycles. The summed E-state index contributed by atoms with van der Waals surface area (Å²) in [6, 6.07) is 14.4. The van der Waals surface area contributed by atoms with Crippen molar-refractivity contribution in [2.45, 2.75) is 39.3 Å². The van der Waals surface area contributed by atoms with Crippen molar-refractivity contribution in [2.24, 2.45) is 10.9 Å². The third-order valence-electron chi connectivity index (χ3n) is 4.81. The third kappa shape index (κ3) is 4.67. The van der Waals surface area contributed by atoms with Gasteiger partial charge in [-0.3, -0.25) is 14.9 Å². The zero-order chi connectivity index (χ0) is 17.6. The van der Waals surface area contributed by atoms with Gasteiger partial charge in [-0.25, -0.2) is 0 Å². The smallest absolute Gasteiger partial charge is 0.0791 e. The number of nitrogens with zero attached hydrogens (tertiary/aromatic N) is 3. The summed E-state index contributed by atoms with van der Waals surface area (Å²) in [6.45, 7) is 7.46. The van der Waals surface area contributed by atoms with Crippen molar-refractivity contribution < 1.29 is 0 Å². The molecule has 1 aromatic carbocycles. The van der Waals surface area contributed by atoms with Crippen LogP contribution in [0.3, 0.4) is 0 Å². The predicted molar refractivity (Wildman–Crippen MR) is 105 cm³/mol. The fraction of sp³-hybridized carbons (Fsp3) is 0.429. The van der Waals surface area contributed by atoms with Crippen LogP contribution in [0.5, 0.6) is 0 Å². The van der Waals surface area contributed by atoms with E-state index in [0.717, 1.165) is 49.4 Å². The first-order valence-electron chi connectivity index (χ1n) is 9.15. The van der Waals surface area contributed by atoms with Gasteiger partial charge >= 0.3 is 0 Å². The molecular weight excluding hydrogens is 308 g/mol. The number of hydrogen-bond donors (Lipinski definition) is 1. The molecule has 25 heavy (non-hydrogen) atoms. The molecule has 1 aliphatic heterocycles. The molecular formula is C21H28N4. The molecule has 2 N–H and O–H groups in total. The summed E-state index contributed by atoms with van der Waals surface area (Å²) in [4.78, 5) is 12.0. The van der Waals surface area contributed by atoms with E-state index in [2.05, 4.69) is 48.0 Å². The summed E-state index contributed by atoms with van der Waals surface area (Å²) < 4.78 is 0. The molecule has 0 bridgehead atoms. The summed E-state index contributed by atoms with van der Waals surface area (Å²) in [5.74, 6) is 0.434. The number of aromatic nitrogens is 1. The van der Waals surface area contributed by atoms with E-state index in [4.69, 9.17) is 10.7 Å². The second kappa shape index (κ2) is 8.26. The lowest BCUT2D eigenvalue weighted by atomic mass is 9.94. The van der Waals surface area contributed by atoms with E-state index in [1.165, 1.54) is 5.71 Å². The van der Waals surface area contributed by atoms with E-state index >= 15 is 0 Å². The Bertz CT molecular complexity index is 699. The number of aliphatic imine (C=N–C) groups is 1. The van der Waals surface area contributed by atoms with Crippen LogP contribution in [-0.4, -0.2) is 28.7 Å². The van der Waals surface area contributed by atoms with Gasteiger partial charge in [0.2, 0.25) is 0 Å². The quantitative estimate of drug-likeness (QED) is 0.836. The second-order valence-corrected chi connectivity index (χ2v) is 7.11. The third-order valence-corrected chi connectivity index (χ3v) is 4.81. The summed E-state index contributed by atoms with van der Waals surface area (Å²) in [5.41, 5.74) is 10.6. The van der Waals surface area contributed by atoms with Gasteiger partial charge in [0.25, 0.3) is 0 Å². The zero-order valence-electron chi connectivity index (χ0n) is 15.2. The molecule has 0 aliphatic carbocycles. The molecule has 0 spiro atoms. The normalized spacial score (nSPS) is 16.8. The van der Waals surface area contributed by atoms with Crippen molar-refractivity contribution in [2.75, 3.05) is 18.8 Å². The van der Waals surface area contributed by atoms with E-state index in [9.17, 15) is 0 Å². The maximum atomic E-state index is 6.19. The number of benzene rings is 1. The van der Waals surface area contributed by atoms with Gasteiger partial charge in [0.1, 0.15) is 0 Å². The average Bonchev–Trinajstić information content (AvgIpc) is 2.62. The van der Waals surface area contributed by atoms with Gasteiger partial charge in [0, 0.05) is 37.2 Å². The SMILES string of the molecule is CC(C)C(N=C1CCN(Cc2ccccn2)CC1)c1ccccc1N. The van der Waals surface area contributed by atoms with Crippen LogP contribution in [0.4, 0.5) is 5.69 Å². The van der Waals surface area contributed by atoms with Crippen molar-refractivity contribution in [3.05, 3.63) is 59.9 Å². The maximum Gasteiger partial charge on any atom is 0.0791 e. The molecule has 4 nitrogen and oxygen atoms in total. The van der Waals surface area contributed by atoms with Gasteiger partial charge in [-0.05, 0) is 42.5 Å². The van der Waals surface area contributed by atoms with E-state index in [1.807, 2.05) is 24.4 Å². The molecule has 1 saturated heterocycles. The van der Waals surface area contributed by atoms with Crippen molar-refractivity contribution in [3.8, 4) is 0 Å². The Labute approximate surface area is 150 Å². The Morgan fingerprint density at radius 2 is 1.80 bits per heavy atom. The molecule has 0 radical (unpaired) electrons. The molecule has 0 amide bonds. The fourth-order valence-corrected chi connectivity index (χ4v) is 3.37. The summed E-state index contributed by atoms with van der Waals surface area (Å²) >= 11 is 0. The van der Waals surface area contributed by atoms with Crippen LogP contribution in [-0.2, 0) is 6.54 Å². The number of likely N-dealkylation sites (tertiary alicyclic amines) is 1. The molecule has 1 aromatic heterocycles. The molecule has 1 fully saturated rings. The van der Waals surface area contributed by atoms with E-state index in [0.29, 0.717) is 5.92 Å². The number of pyridine rings is 1. The molecule has 1 atom stereocenters. The zero-order valence-corrected chi connectivity index (χ0v) is 15.2. The van der Waals surface area contributed by atoms with Gasteiger partial charge in [-0.1, -0.05) is 38.1 Å². The molecule has 2 heterocycles. The highest BCUT2D eigenvalue weighted by Gasteiger charge is 2.21.